The minimum atomic E-state index is -3.35. The van der Waals surface area contributed by atoms with Crippen molar-refractivity contribution in [2.45, 2.75) is 0 Å². The van der Waals surface area contributed by atoms with Crippen LogP contribution in [0.2, 0.25) is 0 Å². The van der Waals surface area contributed by atoms with Crippen LogP contribution in [0.25, 0.3) is 33.9 Å². The molecular formula is C27H28BrN5O4S. The summed E-state index contributed by atoms with van der Waals surface area (Å²) in [6.45, 7) is 4.82. The summed E-state index contributed by atoms with van der Waals surface area (Å²) in [5.41, 5.74) is 4.76. The molecule has 0 bridgehead atoms. The van der Waals surface area contributed by atoms with Gasteiger partial charge in [0.1, 0.15) is 22.8 Å². The molecule has 1 fully saturated rings. The van der Waals surface area contributed by atoms with Crippen LogP contribution in [0, 0.1) is 0 Å². The predicted molar refractivity (Wildman–Crippen MR) is 152 cm³/mol. The molecule has 38 heavy (non-hydrogen) atoms. The summed E-state index contributed by atoms with van der Waals surface area (Å²) in [6, 6.07) is 18.9. The van der Waals surface area contributed by atoms with Crippen LogP contribution >= 0.6 is 15.9 Å². The molecule has 2 aromatic heterocycles. The number of anilines is 1. The minimum absolute atomic E-state index is 0.489. The number of sulfonamides is 1. The summed E-state index contributed by atoms with van der Waals surface area (Å²) in [4.78, 5) is 15.0. The van der Waals surface area contributed by atoms with E-state index in [9.17, 15) is 8.42 Å². The number of morpholine rings is 1. The van der Waals surface area contributed by atoms with Gasteiger partial charge in [0, 0.05) is 48.2 Å². The van der Waals surface area contributed by atoms with Crippen LogP contribution in [0.15, 0.2) is 71.5 Å². The number of hydrogen-bond donors (Lipinski definition) is 2. The fourth-order valence-electron chi connectivity index (χ4n) is 4.25. The fourth-order valence-corrected chi connectivity index (χ4v) is 5.18. The van der Waals surface area contributed by atoms with Crippen molar-refractivity contribution < 1.29 is 17.9 Å². The Morgan fingerprint density at radius 3 is 2.58 bits per heavy atom. The topological polar surface area (TPSA) is 109 Å². The van der Waals surface area contributed by atoms with E-state index in [4.69, 9.17) is 14.5 Å². The molecule has 0 amide bonds. The average molecular weight is 599 g/mol. The molecule has 0 saturated carbocycles. The van der Waals surface area contributed by atoms with Crippen LogP contribution < -0.4 is 9.46 Å². The predicted octanol–water partition coefficient (Wildman–Crippen LogP) is 4.65. The maximum Gasteiger partial charge on any atom is 0.229 e. The van der Waals surface area contributed by atoms with Crippen LogP contribution in [0.4, 0.5) is 5.69 Å². The van der Waals surface area contributed by atoms with Gasteiger partial charge in [-0.2, -0.15) is 0 Å². The average Bonchev–Trinajstić information content (AvgIpc) is 3.35. The Morgan fingerprint density at radius 2 is 1.84 bits per heavy atom. The molecule has 0 unspecified atom stereocenters. The van der Waals surface area contributed by atoms with Crippen molar-refractivity contribution >= 4 is 31.6 Å². The smallest absolute Gasteiger partial charge is 0.229 e. The third-order valence-corrected chi connectivity index (χ3v) is 7.11. The highest BCUT2D eigenvalue weighted by atomic mass is 79.9. The number of ether oxygens (including phenoxy) is 2. The highest BCUT2D eigenvalue weighted by Crippen LogP contribution is 2.35. The Hall–Kier alpha value is -3.25. The molecule has 198 valence electrons. The first-order valence-corrected chi connectivity index (χ1v) is 14.9. The summed E-state index contributed by atoms with van der Waals surface area (Å²) in [5, 5.41) is 0. The Morgan fingerprint density at radius 1 is 1.05 bits per heavy atom. The van der Waals surface area contributed by atoms with Gasteiger partial charge in [-0.15, -0.1) is 0 Å². The van der Waals surface area contributed by atoms with E-state index in [1.165, 1.54) is 0 Å². The molecule has 1 aliphatic rings. The summed E-state index contributed by atoms with van der Waals surface area (Å²) in [6.07, 6.45) is 2.86. The van der Waals surface area contributed by atoms with Crippen molar-refractivity contribution in [1.82, 2.24) is 19.9 Å². The molecule has 2 N–H and O–H groups in total. The van der Waals surface area contributed by atoms with Crippen molar-refractivity contribution in [2.24, 2.45) is 0 Å². The van der Waals surface area contributed by atoms with E-state index in [1.54, 1.807) is 18.3 Å². The van der Waals surface area contributed by atoms with Gasteiger partial charge < -0.3 is 14.5 Å². The Bertz CT molecular complexity index is 1500. The van der Waals surface area contributed by atoms with Gasteiger partial charge in [-0.3, -0.25) is 9.62 Å². The second kappa shape index (κ2) is 11.6. The molecule has 0 atom stereocenters. The second-order valence-corrected chi connectivity index (χ2v) is 11.5. The third-order valence-electron chi connectivity index (χ3n) is 6.07. The minimum Gasteiger partial charge on any atom is -0.492 e. The summed E-state index contributed by atoms with van der Waals surface area (Å²) >= 11 is 3.46. The van der Waals surface area contributed by atoms with Crippen molar-refractivity contribution in [3.05, 3.63) is 71.5 Å². The van der Waals surface area contributed by atoms with E-state index in [2.05, 4.69) is 35.5 Å². The first-order valence-electron chi connectivity index (χ1n) is 12.2. The molecule has 2 aromatic carbocycles. The fraction of sp³-hybridized carbons (Fsp3) is 0.259. The van der Waals surface area contributed by atoms with Gasteiger partial charge in [0.25, 0.3) is 0 Å². The number of aromatic amines is 1. The number of rotatable bonds is 9. The Balaban J connectivity index is 1.43. The number of halogens is 1. The van der Waals surface area contributed by atoms with Gasteiger partial charge in [0.2, 0.25) is 10.0 Å². The molecule has 11 heteroatoms. The maximum atomic E-state index is 11.6. The number of aromatic nitrogens is 3. The normalized spacial score (nSPS) is 14.4. The van der Waals surface area contributed by atoms with E-state index in [1.807, 2.05) is 48.5 Å². The van der Waals surface area contributed by atoms with Crippen LogP contribution in [-0.2, 0) is 14.8 Å². The van der Waals surface area contributed by atoms with Crippen LogP contribution in [0.5, 0.6) is 5.75 Å². The SMILES string of the molecule is CS(=O)(=O)Nc1ccc(-c2nc(-c3cccc(OCCN4CCOCC4)c3)c(-c3ccnc(Br)c3)[nH]2)cc1. The highest BCUT2D eigenvalue weighted by Gasteiger charge is 2.17. The van der Waals surface area contributed by atoms with Crippen molar-refractivity contribution in [3.63, 3.8) is 0 Å². The lowest BCUT2D eigenvalue weighted by Gasteiger charge is -2.26. The van der Waals surface area contributed by atoms with E-state index in [-0.39, 0.29) is 0 Å². The number of hydrogen-bond acceptors (Lipinski definition) is 7. The second-order valence-electron chi connectivity index (χ2n) is 8.96. The molecule has 0 spiro atoms. The van der Waals surface area contributed by atoms with Gasteiger partial charge in [0.15, 0.2) is 0 Å². The summed E-state index contributed by atoms with van der Waals surface area (Å²) in [7, 11) is -3.35. The standard InChI is InChI=1S/C27H28BrN5O4S/c1-38(34,35)32-22-7-5-19(6-8-22)27-30-25(26(31-27)21-9-10-29-24(28)18-21)20-3-2-4-23(17-20)37-16-13-33-11-14-36-15-12-33/h2-10,17-18,32H,11-16H2,1H3,(H,30,31). The number of H-pyrrole nitrogens is 1. The number of nitrogens with one attached hydrogen (secondary N) is 2. The highest BCUT2D eigenvalue weighted by molar-refractivity contribution is 9.10. The van der Waals surface area contributed by atoms with Gasteiger partial charge in [-0.05, 0) is 64.5 Å². The monoisotopic (exact) mass is 597 g/mol. The zero-order chi connectivity index (χ0) is 26.5. The molecule has 3 heterocycles. The van der Waals surface area contributed by atoms with Crippen LogP contribution in [-0.4, -0.2) is 74.0 Å². The largest absolute Gasteiger partial charge is 0.492 e. The van der Waals surface area contributed by atoms with E-state index in [0.29, 0.717) is 22.7 Å². The zero-order valence-electron chi connectivity index (χ0n) is 20.9. The Labute approximate surface area is 230 Å². The molecule has 9 nitrogen and oxygen atoms in total. The molecule has 1 saturated heterocycles. The molecular weight excluding hydrogens is 570 g/mol. The van der Waals surface area contributed by atoms with Crippen LogP contribution in [0.1, 0.15) is 0 Å². The van der Waals surface area contributed by atoms with E-state index < -0.39 is 10.0 Å². The molecule has 4 aromatic rings. The number of imidazole rings is 1. The lowest BCUT2D eigenvalue weighted by atomic mass is 10.1. The van der Waals surface area contributed by atoms with Crippen LogP contribution in [0.3, 0.4) is 0 Å². The quantitative estimate of drug-likeness (QED) is 0.270. The van der Waals surface area contributed by atoms with Gasteiger partial charge in [-0.25, -0.2) is 18.4 Å². The summed E-state index contributed by atoms with van der Waals surface area (Å²) < 4.78 is 37.8. The maximum absolute atomic E-state index is 11.6. The number of benzene rings is 2. The van der Waals surface area contributed by atoms with Crippen molar-refractivity contribution in [2.75, 3.05) is 50.4 Å². The van der Waals surface area contributed by atoms with E-state index >= 15 is 0 Å². The molecule has 0 aliphatic carbocycles. The third kappa shape index (κ3) is 6.79. The number of pyridine rings is 1. The lowest BCUT2D eigenvalue weighted by Crippen LogP contribution is -2.38. The molecule has 0 radical (unpaired) electrons. The van der Waals surface area contributed by atoms with E-state index in [0.717, 1.165) is 72.9 Å². The van der Waals surface area contributed by atoms with Crippen molar-refractivity contribution in [3.8, 4) is 39.7 Å². The zero-order valence-corrected chi connectivity index (χ0v) is 23.3. The van der Waals surface area contributed by atoms with Gasteiger partial charge in [-0.1, -0.05) is 12.1 Å². The lowest BCUT2D eigenvalue weighted by molar-refractivity contribution is 0.0322. The first kappa shape index (κ1) is 26.4. The van der Waals surface area contributed by atoms with Gasteiger partial charge in [0.05, 0.1) is 30.9 Å². The first-order chi connectivity index (χ1) is 18.3. The molecule has 5 rings (SSSR count). The molecule has 1 aliphatic heterocycles. The Kier molecular flexibility index (Phi) is 8.08. The summed E-state index contributed by atoms with van der Waals surface area (Å²) in [5.74, 6) is 1.44. The van der Waals surface area contributed by atoms with Crippen molar-refractivity contribution in [1.29, 1.82) is 0 Å². The van der Waals surface area contributed by atoms with Gasteiger partial charge >= 0.3 is 0 Å². The number of nitrogens with zero attached hydrogens (tertiary/aromatic N) is 3.